The summed E-state index contributed by atoms with van der Waals surface area (Å²) in [6, 6.07) is 1.24. The lowest BCUT2D eigenvalue weighted by atomic mass is 9.92. The smallest absolute Gasteiger partial charge is 0.00681 e. The van der Waals surface area contributed by atoms with E-state index >= 15 is 0 Å². The van der Waals surface area contributed by atoms with E-state index in [9.17, 15) is 0 Å². The van der Waals surface area contributed by atoms with Gasteiger partial charge < -0.3 is 11.1 Å². The molecule has 70 valence electrons. The van der Waals surface area contributed by atoms with E-state index in [4.69, 9.17) is 5.73 Å². The van der Waals surface area contributed by atoms with E-state index in [1.807, 2.05) is 0 Å². The standard InChI is InChI=1S/C8H18N2.CH4.H2/c1-2-10-8-5-3-7(9)4-6-8;;/h7-8,10H,2-6,9H2,1H3;1H4;1H. The summed E-state index contributed by atoms with van der Waals surface area (Å²) in [5.74, 6) is 0. The molecule has 0 aromatic rings. The summed E-state index contributed by atoms with van der Waals surface area (Å²) in [7, 11) is 0. The first-order valence-electron chi connectivity index (χ1n) is 4.32. The van der Waals surface area contributed by atoms with Crippen LogP contribution in [-0.4, -0.2) is 18.6 Å². The summed E-state index contributed by atoms with van der Waals surface area (Å²) in [5, 5.41) is 3.45. The van der Waals surface area contributed by atoms with Gasteiger partial charge in [0.25, 0.3) is 0 Å². The molecule has 0 aromatic carbocycles. The molecule has 1 fully saturated rings. The van der Waals surface area contributed by atoms with Crippen molar-refractivity contribution in [3.8, 4) is 0 Å². The van der Waals surface area contributed by atoms with Gasteiger partial charge in [-0.2, -0.15) is 0 Å². The highest BCUT2D eigenvalue weighted by Crippen LogP contribution is 2.16. The largest absolute Gasteiger partial charge is 0.328 e. The quantitative estimate of drug-likeness (QED) is 0.646. The molecule has 0 aromatic heterocycles. The fourth-order valence-electron chi connectivity index (χ4n) is 1.61. The Hall–Kier alpha value is -0.0800. The second-order valence-corrected chi connectivity index (χ2v) is 3.17. The van der Waals surface area contributed by atoms with E-state index in [1.165, 1.54) is 25.7 Å². The van der Waals surface area contributed by atoms with Gasteiger partial charge >= 0.3 is 0 Å². The van der Waals surface area contributed by atoms with E-state index in [-0.39, 0.29) is 8.85 Å². The third-order valence-electron chi connectivity index (χ3n) is 2.26. The Balaban J connectivity index is 0. The van der Waals surface area contributed by atoms with Crippen LogP contribution in [0, 0.1) is 0 Å². The molecule has 1 saturated carbocycles. The van der Waals surface area contributed by atoms with Crippen molar-refractivity contribution in [1.29, 1.82) is 0 Å². The van der Waals surface area contributed by atoms with Crippen LogP contribution in [0.4, 0.5) is 0 Å². The van der Waals surface area contributed by atoms with Crippen molar-refractivity contribution in [1.82, 2.24) is 5.32 Å². The van der Waals surface area contributed by atoms with E-state index in [2.05, 4.69) is 12.2 Å². The number of rotatable bonds is 2. The molecule has 0 spiro atoms. The van der Waals surface area contributed by atoms with Crippen molar-refractivity contribution in [3.63, 3.8) is 0 Å². The minimum Gasteiger partial charge on any atom is -0.328 e. The molecule has 1 aliphatic rings. The number of nitrogens with two attached hydrogens (primary N) is 1. The van der Waals surface area contributed by atoms with Crippen molar-refractivity contribution in [2.75, 3.05) is 6.54 Å². The number of nitrogens with one attached hydrogen (secondary N) is 1. The van der Waals surface area contributed by atoms with Crippen LogP contribution in [0.5, 0.6) is 0 Å². The molecule has 0 heterocycles. The van der Waals surface area contributed by atoms with Crippen molar-refractivity contribution < 1.29 is 1.43 Å². The molecule has 0 bridgehead atoms. The summed E-state index contributed by atoms with van der Waals surface area (Å²) >= 11 is 0. The van der Waals surface area contributed by atoms with E-state index in [1.54, 1.807) is 0 Å². The molecule has 2 nitrogen and oxygen atoms in total. The molecule has 0 saturated heterocycles. The van der Waals surface area contributed by atoms with Gasteiger partial charge in [-0.15, -0.1) is 0 Å². The molecule has 0 atom stereocenters. The lowest BCUT2D eigenvalue weighted by molar-refractivity contribution is 0.348. The molecule has 0 aliphatic heterocycles. The van der Waals surface area contributed by atoms with Crippen LogP contribution in [-0.2, 0) is 0 Å². The Morgan fingerprint density at radius 3 is 2.36 bits per heavy atom. The first-order chi connectivity index (χ1) is 4.83. The zero-order chi connectivity index (χ0) is 7.40. The van der Waals surface area contributed by atoms with Crippen LogP contribution in [0.3, 0.4) is 0 Å². The van der Waals surface area contributed by atoms with Gasteiger partial charge in [0.15, 0.2) is 0 Å². The first-order valence-corrected chi connectivity index (χ1v) is 4.32. The van der Waals surface area contributed by atoms with Crippen molar-refractivity contribution in [2.24, 2.45) is 5.73 Å². The Morgan fingerprint density at radius 2 is 1.91 bits per heavy atom. The summed E-state index contributed by atoms with van der Waals surface area (Å²) in [6.45, 7) is 3.26. The predicted molar refractivity (Wildman–Crippen MR) is 52.8 cm³/mol. The number of hydrogen-bond acceptors (Lipinski definition) is 2. The summed E-state index contributed by atoms with van der Waals surface area (Å²) in [5.41, 5.74) is 5.77. The molecule has 2 heteroatoms. The molecule has 0 unspecified atom stereocenters. The molecule has 1 rings (SSSR count). The van der Waals surface area contributed by atoms with Crippen LogP contribution in [0.2, 0.25) is 0 Å². The lowest BCUT2D eigenvalue weighted by Gasteiger charge is -2.26. The second kappa shape index (κ2) is 5.56. The Morgan fingerprint density at radius 1 is 1.36 bits per heavy atom. The van der Waals surface area contributed by atoms with Crippen LogP contribution in [0.15, 0.2) is 0 Å². The predicted octanol–water partition coefficient (Wildman–Crippen LogP) is 1.75. The van der Waals surface area contributed by atoms with Gasteiger partial charge in [-0.1, -0.05) is 14.4 Å². The highest BCUT2D eigenvalue weighted by atomic mass is 14.9. The van der Waals surface area contributed by atoms with Crippen molar-refractivity contribution >= 4 is 0 Å². The van der Waals surface area contributed by atoms with Crippen LogP contribution >= 0.6 is 0 Å². The average Bonchev–Trinajstić information content (AvgIpc) is 1.95. The molecule has 1 aliphatic carbocycles. The van der Waals surface area contributed by atoms with Gasteiger partial charge in [0, 0.05) is 13.5 Å². The van der Waals surface area contributed by atoms with E-state index < -0.39 is 0 Å². The molecular weight excluding hydrogens is 136 g/mol. The molecule has 0 radical (unpaired) electrons. The maximum atomic E-state index is 5.77. The fraction of sp³-hybridized carbons (Fsp3) is 1.00. The Bertz CT molecular complexity index is 90.5. The van der Waals surface area contributed by atoms with Crippen molar-refractivity contribution in [3.05, 3.63) is 0 Å². The molecular formula is C9H24N2. The zero-order valence-electron chi connectivity index (χ0n) is 6.77. The highest BCUT2D eigenvalue weighted by Gasteiger charge is 2.16. The minimum atomic E-state index is 0. The molecule has 3 N–H and O–H groups in total. The van der Waals surface area contributed by atoms with Crippen LogP contribution < -0.4 is 11.1 Å². The summed E-state index contributed by atoms with van der Waals surface area (Å²) in [4.78, 5) is 0. The van der Waals surface area contributed by atoms with Gasteiger partial charge in [-0.3, -0.25) is 0 Å². The normalized spacial score (nSPS) is 31.1. The fourth-order valence-corrected chi connectivity index (χ4v) is 1.61. The summed E-state index contributed by atoms with van der Waals surface area (Å²) in [6.07, 6.45) is 4.96. The highest BCUT2D eigenvalue weighted by molar-refractivity contribution is 4.77. The van der Waals surface area contributed by atoms with E-state index in [0.717, 1.165) is 12.6 Å². The topological polar surface area (TPSA) is 38.0 Å². The summed E-state index contributed by atoms with van der Waals surface area (Å²) < 4.78 is 0. The van der Waals surface area contributed by atoms with Crippen LogP contribution in [0.25, 0.3) is 0 Å². The van der Waals surface area contributed by atoms with Crippen LogP contribution in [0.1, 0.15) is 41.5 Å². The average molecular weight is 160 g/mol. The van der Waals surface area contributed by atoms with Gasteiger partial charge in [-0.25, -0.2) is 0 Å². The molecule has 0 amide bonds. The second-order valence-electron chi connectivity index (χ2n) is 3.17. The molecule has 11 heavy (non-hydrogen) atoms. The third-order valence-corrected chi connectivity index (χ3v) is 2.26. The minimum absolute atomic E-state index is 0. The Labute approximate surface area is 72.0 Å². The maximum Gasteiger partial charge on any atom is 0.00681 e. The van der Waals surface area contributed by atoms with Gasteiger partial charge in [0.1, 0.15) is 0 Å². The first kappa shape index (κ1) is 10.9. The lowest BCUT2D eigenvalue weighted by Crippen LogP contribution is -2.37. The monoisotopic (exact) mass is 160 g/mol. The van der Waals surface area contributed by atoms with E-state index in [0.29, 0.717) is 6.04 Å². The number of hydrogen-bond donors (Lipinski definition) is 2. The maximum absolute atomic E-state index is 5.77. The van der Waals surface area contributed by atoms with Crippen molar-refractivity contribution in [2.45, 2.75) is 52.1 Å². The van der Waals surface area contributed by atoms with Gasteiger partial charge in [0.2, 0.25) is 0 Å². The Kier molecular flexibility index (Phi) is 5.51. The SMILES string of the molecule is C.CCNC1CCC(N)CC1.[HH]. The van der Waals surface area contributed by atoms with Gasteiger partial charge in [0.05, 0.1) is 0 Å². The van der Waals surface area contributed by atoms with Gasteiger partial charge in [-0.05, 0) is 32.2 Å². The zero-order valence-corrected chi connectivity index (χ0v) is 6.77. The third kappa shape index (κ3) is 3.73.